The Kier molecular flexibility index (Phi) is 4.22. The molecule has 0 saturated carbocycles. The lowest BCUT2D eigenvalue weighted by molar-refractivity contribution is 0.370. The van der Waals surface area contributed by atoms with Crippen LogP contribution in [0.3, 0.4) is 0 Å². The van der Waals surface area contributed by atoms with E-state index in [9.17, 15) is 0 Å². The van der Waals surface area contributed by atoms with Crippen LogP contribution in [0.2, 0.25) is 10.0 Å². The van der Waals surface area contributed by atoms with Crippen molar-refractivity contribution in [3.05, 3.63) is 39.5 Å². The van der Waals surface area contributed by atoms with Crippen LogP contribution in [0.5, 0.6) is 5.88 Å². The molecule has 1 aromatic carbocycles. The number of aryl methyl sites for hydroxylation is 2. The van der Waals surface area contributed by atoms with Gasteiger partial charge >= 0.3 is 0 Å². The monoisotopic (exact) mass is 299 g/mol. The highest BCUT2D eigenvalue weighted by Gasteiger charge is 2.13. The summed E-state index contributed by atoms with van der Waals surface area (Å²) in [4.78, 5) is 0. The highest BCUT2D eigenvalue weighted by molar-refractivity contribution is 6.35. The van der Waals surface area contributed by atoms with Gasteiger partial charge in [-0.3, -0.25) is 0 Å². The number of methoxy groups -OCH3 is 1. The maximum Gasteiger partial charge on any atom is 0.216 e. The third-order valence-corrected chi connectivity index (χ3v) is 3.43. The van der Waals surface area contributed by atoms with Gasteiger partial charge in [-0.15, -0.1) is 0 Å². The SMILES string of the molecule is COc1c(CNc2cc(Cl)ccc2Cl)c(C)nn1C. The molecule has 102 valence electrons. The van der Waals surface area contributed by atoms with Gasteiger partial charge in [-0.2, -0.15) is 5.10 Å². The number of nitrogens with one attached hydrogen (secondary N) is 1. The van der Waals surface area contributed by atoms with Gasteiger partial charge in [0.05, 0.1) is 29.1 Å². The van der Waals surface area contributed by atoms with Crippen molar-refractivity contribution in [2.45, 2.75) is 13.5 Å². The lowest BCUT2D eigenvalue weighted by Gasteiger charge is -2.10. The van der Waals surface area contributed by atoms with Crippen LogP contribution in [-0.4, -0.2) is 16.9 Å². The number of aromatic nitrogens is 2. The van der Waals surface area contributed by atoms with Gasteiger partial charge in [-0.25, -0.2) is 4.68 Å². The van der Waals surface area contributed by atoms with E-state index in [0.29, 0.717) is 16.6 Å². The Bertz CT molecular complexity index is 596. The third kappa shape index (κ3) is 2.96. The van der Waals surface area contributed by atoms with E-state index in [4.69, 9.17) is 27.9 Å². The number of rotatable bonds is 4. The molecule has 0 radical (unpaired) electrons. The molecule has 0 aliphatic rings. The fourth-order valence-corrected chi connectivity index (χ4v) is 2.31. The predicted octanol–water partition coefficient (Wildman–Crippen LogP) is 3.66. The Morgan fingerprint density at radius 3 is 2.79 bits per heavy atom. The van der Waals surface area contributed by atoms with Crippen LogP contribution in [0.25, 0.3) is 0 Å². The smallest absolute Gasteiger partial charge is 0.216 e. The van der Waals surface area contributed by atoms with Crippen molar-refractivity contribution < 1.29 is 4.74 Å². The van der Waals surface area contributed by atoms with Crippen LogP contribution in [0.1, 0.15) is 11.3 Å². The molecular weight excluding hydrogens is 285 g/mol. The summed E-state index contributed by atoms with van der Waals surface area (Å²) in [5.74, 6) is 0.739. The Morgan fingerprint density at radius 1 is 1.37 bits per heavy atom. The van der Waals surface area contributed by atoms with E-state index in [0.717, 1.165) is 22.8 Å². The van der Waals surface area contributed by atoms with Gasteiger partial charge in [0, 0.05) is 18.6 Å². The number of nitrogens with zero attached hydrogens (tertiary/aromatic N) is 2. The van der Waals surface area contributed by atoms with Gasteiger partial charge in [0.1, 0.15) is 0 Å². The number of ether oxygens (including phenoxy) is 1. The summed E-state index contributed by atoms with van der Waals surface area (Å²) in [5, 5.41) is 8.85. The molecule has 0 unspecified atom stereocenters. The van der Waals surface area contributed by atoms with Crippen molar-refractivity contribution in [2.75, 3.05) is 12.4 Å². The summed E-state index contributed by atoms with van der Waals surface area (Å²) in [6.07, 6.45) is 0. The van der Waals surface area contributed by atoms with Crippen LogP contribution < -0.4 is 10.1 Å². The van der Waals surface area contributed by atoms with E-state index in [-0.39, 0.29) is 0 Å². The highest BCUT2D eigenvalue weighted by atomic mass is 35.5. The summed E-state index contributed by atoms with van der Waals surface area (Å²) < 4.78 is 7.05. The van der Waals surface area contributed by atoms with Crippen LogP contribution in [-0.2, 0) is 13.6 Å². The molecule has 0 amide bonds. The second kappa shape index (κ2) is 5.72. The lowest BCUT2D eigenvalue weighted by Crippen LogP contribution is -2.03. The van der Waals surface area contributed by atoms with E-state index in [1.54, 1.807) is 30.0 Å². The van der Waals surface area contributed by atoms with Crippen LogP contribution in [0, 0.1) is 6.92 Å². The molecule has 0 bridgehead atoms. The van der Waals surface area contributed by atoms with Crippen LogP contribution in [0.15, 0.2) is 18.2 Å². The minimum atomic E-state index is 0.572. The molecule has 0 aliphatic carbocycles. The summed E-state index contributed by atoms with van der Waals surface area (Å²) >= 11 is 12.1. The van der Waals surface area contributed by atoms with Crippen molar-refractivity contribution in [3.8, 4) is 5.88 Å². The summed E-state index contributed by atoms with van der Waals surface area (Å²) in [5.41, 5.74) is 2.71. The maximum atomic E-state index is 6.11. The molecule has 0 atom stereocenters. The number of hydrogen-bond donors (Lipinski definition) is 1. The van der Waals surface area contributed by atoms with Crippen LogP contribution >= 0.6 is 23.2 Å². The number of benzene rings is 1. The van der Waals surface area contributed by atoms with Gasteiger partial charge in [-0.05, 0) is 25.1 Å². The predicted molar refractivity (Wildman–Crippen MR) is 78.3 cm³/mol. The summed E-state index contributed by atoms with van der Waals surface area (Å²) in [6.45, 7) is 2.52. The second-order valence-corrected chi connectivity index (χ2v) is 5.02. The average molecular weight is 300 g/mol. The summed E-state index contributed by atoms with van der Waals surface area (Å²) in [6, 6.07) is 5.31. The molecule has 1 aromatic heterocycles. The molecule has 2 rings (SSSR count). The third-order valence-electron chi connectivity index (χ3n) is 2.87. The fourth-order valence-electron chi connectivity index (χ4n) is 1.96. The van der Waals surface area contributed by atoms with Crippen LogP contribution in [0.4, 0.5) is 5.69 Å². The molecule has 0 aliphatic heterocycles. The Balaban J connectivity index is 2.21. The molecule has 1 heterocycles. The van der Waals surface area contributed by atoms with Crippen molar-refractivity contribution in [3.63, 3.8) is 0 Å². The lowest BCUT2D eigenvalue weighted by atomic mass is 10.2. The molecule has 0 spiro atoms. The first-order valence-electron chi connectivity index (χ1n) is 5.78. The standard InChI is InChI=1S/C13H15Cl2N3O/c1-8-10(13(19-3)18(2)17-8)7-16-12-6-9(14)4-5-11(12)15/h4-6,16H,7H2,1-3H3. The normalized spacial score (nSPS) is 10.6. The maximum absolute atomic E-state index is 6.11. The molecule has 2 aromatic rings. The van der Waals surface area contributed by atoms with Gasteiger partial charge in [0.2, 0.25) is 5.88 Å². The zero-order valence-corrected chi connectivity index (χ0v) is 12.5. The first-order valence-corrected chi connectivity index (χ1v) is 6.54. The molecular formula is C13H15Cl2N3O. The summed E-state index contributed by atoms with van der Waals surface area (Å²) in [7, 11) is 3.48. The van der Waals surface area contributed by atoms with Crippen molar-refractivity contribution in [1.29, 1.82) is 0 Å². The van der Waals surface area contributed by atoms with Crippen molar-refractivity contribution >= 4 is 28.9 Å². The van der Waals surface area contributed by atoms with E-state index in [2.05, 4.69) is 10.4 Å². The largest absolute Gasteiger partial charge is 0.481 e. The molecule has 1 N–H and O–H groups in total. The van der Waals surface area contributed by atoms with E-state index in [1.165, 1.54) is 0 Å². The van der Waals surface area contributed by atoms with Gasteiger partial charge in [0.25, 0.3) is 0 Å². The van der Waals surface area contributed by atoms with E-state index in [1.807, 2.05) is 14.0 Å². The number of anilines is 1. The molecule has 19 heavy (non-hydrogen) atoms. The minimum absolute atomic E-state index is 0.572. The number of hydrogen-bond acceptors (Lipinski definition) is 3. The minimum Gasteiger partial charge on any atom is -0.481 e. The Labute approximate surface area is 122 Å². The van der Waals surface area contributed by atoms with E-state index < -0.39 is 0 Å². The van der Waals surface area contributed by atoms with Gasteiger partial charge in [-0.1, -0.05) is 23.2 Å². The fraction of sp³-hybridized carbons (Fsp3) is 0.308. The zero-order valence-electron chi connectivity index (χ0n) is 11.0. The van der Waals surface area contributed by atoms with Crippen molar-refractivity contribution in [2.24, 2.45) is 7.05 Å². The first kappa shape index (κ1) is 14.0. The zero-order chi connectivity index (χ0) is 14.0. The molecule has 0 fully saturated rings. The molecule has 6 heteroatoms. The Hall–Kier alpha value is -1.39. The van der Waals surface area contributed by atoms with Gasteiger partial charge < -0.3 is 10.1 Å². The molecule has 0 saturated heterocycles. The van der Waals surface area contributed by atoms with E-state index >= 15 is 0 Å². The molecule has 4 nitrogen and oxygen atoms in total. The average Bonchev–Trinajstić information content (AvgIpc) is 2.64. The van der Waals surface area contributed by atoms with Crippen molar-refractivity contribution in [1.82, 2.24) is 9.78 Å². The Morgan fingerprint density at radius 2 is 2.11 bits per heavy atom. The van der Waals surface area contributed by atoms with Gasteiger partial charge in [0.15, 0.2) is 0 Å². The quantitative estimate of drug-likeness (QED) is 0.936. The second-order valence-electron chi connectivity index (χ2n) is 4.17. The number of halogens is 2. The highest BCUT2D eigenvalue weighted by Crippen LogP contribution is 2.27. The topological polar surface area (TPSA) is 39.1 Å². The first-order chi connectivity index (χ1) is 9.02.